The van der Waals surface area contributed by atoms with Crippen molar-refractivity contribution in [3.8, 4) is 0 Å². The van der Waals surface area contributed by atoms with Crippen molar-refractivity contribution in [3.63, 3.8) is 0 Å². The lowest BCUT2D eigenvalue weighted by molar-refractivity contribution is -0.156. The van der Waals surface area contributed by atoms with Crippen LogP contribution in [0.15, 0.2) is 24.3 Å². The fraction of sp³-hybridized carbons (Fsp3) is 0.526. The molecule has 1 aromatic carbocycles. The predicted molar refractivity (Wildman–Crippen MR) is 93.9 cm³/mol. The molecule has 1 atom stereocenters. The Morgan fingerprint density at radius 3 is 2.00 bits per heavy atom. The van der Waals surface area contributed by atoms with Crippen LogP contribution in [0.5, 0.6) is 0 Å². The highest BCUT2D eigenvalue weighted by atomic mass is 16.6. The summed E-state index contributed by atoms with van der Waals surface area (Å²) in [7, 11) is 2.98. The SMILES string of the molecule is COCCOC(=O)C[C@H](CC(=O)c1ccc(C)cc1)C(=O)OCCOC. The molecule has 0 unspecified atom stereocenters. The Morgan fingerprint density at radius 2 is 1.42 bits per heavy atom. The molecule has 0 aliphatic carbocycles. The first-order chi connectivity index (χ1) is 12.5. The van der Waals surface area contributed by atoms with Crippen molar-refractivity contribution in [2.75, 3.05) is 40.6 Å². The Balaban J connectivity index is 2.71. The van der Waals surface area contributed by atoms with Crippen molar-refractivity contribution < 1.29 is 33.3 Å². The number of methoxy groups -OCH3 is 2. The van der Waals surface area contributed by atoms with E-state index in [1.807, 2.05) is 19.1 Å². The summed E-state index contributed by atoms with van der Waals surface area (Å²) in [5.41, 5.74) is 1.51. The van der Waals surface area contributed by atoms with E-state index in [0.29, 0.717) is 5.56 Å². The fourth-order valence-electron chi connectivity index (χ4n) is 2.16. The van der Waals surface area contributed by atoms with E-state index in [9.17, 15) is 14.4 Å². The Bertz CT molecular complexity index is 580. The summed E-state index contributed by atoms with van der Waals surface area (Å²) in [5.74, 6) is -2.34. The highest BCUT2D eigenvalue weighted by Gasteiger charge is 2.27. The smallest absolute Gasteiger partial charge is 0.310 e. The summed E-state index contributed by atoms with van der Waals surface area (Å²) in [6, 6.07) is 7.03. The third-order valence-electron chi connectivity index (χ3n) is 3.63. The number of hydrogen-bond acceptors (Lipinski definition) is 7. The van der Waals surface area contributed by atoms with E-state index >= 15 is 0 Å². The number of carbonyl (C=O) groups excluding carboxylic acids is 3. The second kappa shape index (κ2) is 12.2. The van der Waals surface area contributed by atoms with Gasteiger partial charge in [-0.3, -0.25) is 14.4 Å². The molecule has 0 aliphatic rings. The van der Waals surface area contributed by atoms with Crippen molar-refractivity contribution in [2.24, 2.45) is 5.92 Å². The standard InChI is InChI=1S/C19H26O7/c1-14-4-6-15(7-5-14)17(20)12-16(19(22)26-11-9-24-3)13-18(21)25-10-8-23-2/h4-7,16H,8-13H2,1-3H3/t16-/m0/s1. The van der Waals surface area contributed by atoms with Gasteiger partial charge in [0.15, 0.2) is 5.78 Å². The highest BCUT2D eigenvalue weighted by molar-refractivity contribution is 5.98. The van der Waals surface area contributed by atoms with Gasteiger partial charge >= 0.3 is 11.9 Å². The Kier molecular flexibility index (Phi) is 10.2. The van der Waals surface area contributed by atoms with Crippen LogP contribution in [0.4, 0.5) is 0 Å². The van der Waals surface area contributed by atoms with Crippen LogP contribution in [-0.2, 0) is 28.5 Å². The molecule has 0 aliphatic heterocycles. The molecular weight excluding hydrogens is 340 g/mol. The molecule has 144 valence electrons. The quantitative estimate of drug-likeness (QED) is 0.317. The molecule has 0 amide bonds. The van der Waals surface area contributed by atoms with Gasteiger partial charge in [0, 0.05) is 26.2 Å². The lowest BCUT2D eigenvalue weighted by Crippen LogP contribution is -2.26. The highest BCUT2D eigenvalue weighted by Crippen LogP contribution is 2.17. The maximum atomic E-state index is 12.4. The summed E-state index contributed by atoms with van der Waals surface area (Å²) in [6.07, 6.45) is -0.360. The Hall–Kier alpha value is -2.25. The normalized spacial score (nSPS) is 11.7. The maximum Gasteiger partial charge on any atom is 0.310 e. The van der Waals surface area contributed by atoms with Crippen LogP contribution in [0, 0.1) is 12.8 Å². The van der Waals surface area contributed by atoms with Crippen LogP contribution in [-0.4, -0.2) is 58.4 Å². The molecule has 0 bridgehead atoms. The molecule has 0 spiro atoms. The van der Waals surface area contributed by atoms with E-state index in [0.717, 1.165) is 5.56 Å². The van der Waals surface area contributed by atoms with Gasteiger partial charge in [0.05, 0.1) is 25.6 Å². The first kappa shape index (κ1) is 21.8. The van der Waals surface area contributed by atoms with Gasteiger partial charge in [0.25, 0.3) is 0 Å². The maximum absolute atomic E-state index is 12.4. The number of ether oxygens (including phenoxy) is 4. The summed E-state index contributed by atoms with van der Waals surface area (Å²) >= 11 is 0. The molecular formula is C19H26O7. The molecule has 0 radical (unpaired) electrons. The van der Waals surface area contributed by atoms with Gasteiger partial charge in [0.2, 0.25) is 0 Å². The minimum absolute atomic E-state index is 0.0588. The molecule has 0 N–H and O–H groups in total. The number of Topliss-reactive ketones (excluding diaryl/α,β-unsaturated/α-hetero) is 1. The molecule has 0 saturated carbocycles. The molecule has 0 fully saturated rings. The van der Waals surface area contributed by atoms with E-state index in [1.54, 1.807) is 12.1 Å². The average molecular weight is 366 g/mol. The summed E-state index contributed by atoms with van der Waals surface area (Å²) in [4.78, 5) is 36.6. The van der Waals surface area contributed by atoms with E-state index in [2.05, 4.69) is 0 Å². The van der Waals surface area contributed by atoms with Gasteiger partial charge in [-0.2, -0.15) is 0 Å². The number of carbonyl (C=O) groups is 3. The van der Waals surface area contributed by atoms with Crippen molar-refractivity contribution in [1.82, 2.24) is 0 Å². The van der Waals surface area contributed by atoms with Crippen LogP contribution in [0.25, 0.3) is 0 Å². The summed E-state index contributed by atoms with van der Waals surface area (Å²) < 4.78 is 19.7. The van der Waals surface area contributed by atoms with Crippen LogP contribution < -0.4 is 0 Å². The topological polar surface area (TPSA) is 88.1 Å². The average Bonchev–Trinajstić information content (AvgIpc) is 2.62. The van der Waals surface area contributed by atoms with E-state index in [-0.39, 0.29) is 45.1 Å². The number of ketones is 1. The summed E-state index contributed by atoms with van der Waals surface area (Å²) in [6.45, 7) is 2.57. The van der Waals surface area contributed by atoms with Crippen LogP contribution >= 0.6 is 0 Å². The number of hydrogen-bond donors (Lipinski definition) is 0. The second-order valence-electron chi connectivity index (χ2n) is 5.77. The molecule has 7 heteroatoms. The Labute approximate surface area is 153 Å². The zero-order valence-corrected chi connectivity index (χ0v) is 15.5. The van der Waals surface area contributed by atoms with Gasteiger partial charge in [-0.05, 0) is 6.92 Å². The molecule has 26 heavy (non-hydrogen) atoms. The minimum Gasteiger partial charge on any atom is -0.463 e. The second-order valence-corrected chi connectivity index (χ2v) is 5.77. The first-order valence-corrected chi connectivity index (χ1v) is 8.38. The van der Waals surface area contributed by atoms with Crippen molar-refractivity contribution >= 4 is 17.7 Å². The van der Waals surface area contributed by atoms with Gasteiger partial charge in [-0.15, -0.1) is 0 Å². The van der Waals surface area contributed by atoms with E-state index in [4.69, 9.17) is 18.9 Å². The third kappa shape index (κ3) is 8.22. The molecule has 1 rings (SSSR count). The minimum atomic E-state index is -0.907. The zero-order chi connectivity index (χ0) is 19.4. The lowest BCUT2D eigenvalue weighted by Gasteiger charge is -2.15. The number of rotatable bonds is 12. The molecule has 7 nitrogen and oxygen atoms in total. The fourth-order valence-corrected chi connectivity index (χ4v) is 2.16. The van der Waals surface area contributed by atoms with E-state index < -0.39 is 17.9 Å². The van der Waals surface area contributed by atoms with Crippen molar-refractivity contribution in [1.29, 1.82) is 0 Å². The predicted octanol–water partition coefficient (Wildman–Crippen LogP) is 1.95. The van der Waals surface area contributed by atoms with Crippen LogP contribution in [0.2, 0.25) is 0 Å². The van der Waals surface area contributed by atoms with Gasteiger partial charge in [-0.1, -0.05) is 29.8 Å². The third-order valence-corrected chi connectivity index (χ3v) is 3.63. The zero-order valence-electron chi connectivity index (χ0n) is 15.5. The van der Waals surface area contributed by atoms with Crippen LogP contribution in [0.3, 0.4) is 0 Å². The van der Waals surface area contributed by atoms with Gasteiger partial charge in [0.1, 0.15) is 13.2 Å². The molecule has 0 saturated heterocycles. The number of aryl methyl sites for hydroxylation is 1. The lowest BCUT2D eigenvalue weighted by atomic mass is 9.95. The van der Waals surface area contributed by atoms with Crippen LogP contribution in [0.1, 0.15) is 28.8 Å². The number of benzene rings is 1. The van der Waals surface area contributed by atoms with Gasteiger partial charge in [-0.25, -0.2) is 0 Å². The van der Waals surface area contributed by atoms with E-state index in [1.165, 1.54) is 14.2 Å². The van der Waals surface area contributed by atoms with Gasteiger partial charge < -0.3 is 18.9 Å². The largest absolute Gasteiger partial charge is 0.463 e. The van der Waals surface area contributed by atoms with Crippen molar-refractivity contribution in [2.45, 2.75) is 19.8 Å². The molecule has 0 aromatic heterocycles. The Morgan fingerprint density at radius 1 is 0.846 bits per heavy atom. The number of esters is 2. The monoisotopic (exact) mass is 366 g/mol. The molecule has 0 heterocycles. The molecule has 1 aromatic rings. The van der Waals surface area contributed by atoms with Crippen molar-refractivity contribution in [3.05, 3.63) is 35.4 Å². The summed E-state index contributed by atoms with van der Waals surface area (Å²) in [5, 5.41) is 0. The first-order valence-electron chi connectivity index (χ1n) is 8.38.